The number of nitrogens with one attached hydrogen (secondary N) is 1. The molecule has 3 fully saturated rings. The standard InChI is InChI=1S/C23H24N2O5/c1-11(2)30-23(29)12-3-5-13(6-4-12)24-18(26)10-25-21(27)19-14-7-8-15(17-9-16(14)17)20(19)22(25)28/h3-8,11,14-17,19-20H,9-10H2,1-2H3,(H,24,26)/t14-,15-,16-,17-,19+,20+/m0/s1. The molecular formula is C23H24N2O5. The van der Waals surface area contributed by atoms with Crippen LogP contribution in [0.1, 0.15) is 30.6 Å². The van der Waals surface area contributed by atoms with Crippen LogP contribution in [0.2, 0.25) is 0 Å². The fourth-order valence-electron chi connectivity index (χ4n) is 5.49. The van der Waals surface area contributed by atoms with E-state index in [4.69, 9.17) is 4.74 Å². The van der Waals surface area contributed by atoms with Gasteiger partial charge < -0.3 is 10.1 Å². The van der Waals surface area contributed by atoms with Crippen LogP contribution in [0.25, 0.3) is 0 Å². The number of imide groups is 1. The summed E-state index contributed by atoms with van der Waals surface area (Å²) in [7, 11) is 0. The van der Waals surface area contributed by atoms with Crippen molar-refractivity contribution in [2.24, 2.45) is 35.5 Å². The summed E-state index contributed by atoms with van der Waals surface area (Å²) in [6, 6.07) is 6.33. The number of carbonyl (C=O) groups is 4. The SMILES string of the molecule is CC(C)OC(=O)c1ccc(NC(=O)CN2C(=O)[C@@H]3[C@H]4C=C[C@@H]([C@@H]5C[C@@H]45)[C@H]3C2=O)cc1. The summed E-state index contributed by atoms with van der Waals surface area (Å²) in [6.45, 7) is 3.26. The lowest BCUT2D eigenvalue weighted by Gasteiger charge is -2.37. The Hall–Kier alpha value is -2.96. The first kappa shape index (κ1) is 19.0. The molecule has 1 N–H and O–H groups in total. The summed E-state index contributed by atoms with van der Waals surface area (Å²) in [6.07, 6.45) is 5.12. The van der Waals surface area contributed by atoms with Crippen molar-refractivity contribution in [1.29, 1.82) is 0 Å². The second kappa shape index (κ2) is 6.79. The molecule has 30 heavy (non-hydrogen) atoms. The molecule has 1 aromatic rings. The molecule has 0 aromatic heterocycles. The summed E-state index contributed by atoms with van der Waals surface area (Å²) in [5.41, 5.74) is 0.873. The zero-order chi connectivity index (χ0) is 21.2. The average molecular weight is 408 g/mol. The number of ether oxygens (including phenoxy) is 1. The lowest BCUT2D eigenvalue weighted by atomic mass is 9.63. The first-order valence-electron chi connectivity index (χ1n) is 10.5. The highest BCUT2D eigenvalue weighted by atomic mass is 16.5. The Morgan fingerprint density at radius 2 is 1.60 bits per heavy atom. The van der Waals surface area contributed by atoms with Gasteiger partial charge in [-0.3, -0.25) is 19.3 Å². The maximum atomic E-state index is 12.9. The van der Waals surface area contributed by atoms with Gasteiger partial charge in [0, 0.05) is 5.69 Å². The minimum Gasteiger partial charge on any atom is -0.459 e. The first-order valence-corrected chi connectivity index (χ1v) is 10.5. The van der Waals surface area contributed by atoms with Gasteiger partial charge in [0.25, 0.3) is 0 Å². The molecule has 0 unspecified atom stereocenters. The van der Waals surface area contributed by atoms with E-state index in [1.54, 1.807) is 38.1 Å². The monoisotopic (exact) mass is 408 g/mol. The molecule has 6 rings (SSSR count). The zero-order valence-corrected chi connectivity index (χ0v) is 16.9. The van der Waals surface area contributed by atoms with E-state index in [1.165, 1.54) is 0 Å². The zero-order valence-electron chi connectivity index (χ0n) is 16.9. The van der Waals surface area contributed by atoms with Crippen molar-refractivity contribution in [1.82, 2.24) is 4.90 Å². The van der Waals surface area contributed by atoms with Crippen molar-refractivity contribution in [3.8, 4) is 0 Å². The van der Waals surface area contributed by atoms with E-state index in [1.807, 2.05) is 0 Å². The Bertz CT molecular complexity index is 930. The number of nitrogens with zero attached hydrogens (tertiary/aromatic N) is 1. The topological polar surface area (TPSA) is 92.8 Å². The number of rotatable bonds is 5. The summed E-state index contributed by atoms with van der Waals surface area (Å²) in [5, 5.41) is 2.70. The Kier molecular flexibility index (Phi) is 4.31. The molecule has 0 radical (unpaired) electrons. The van der Waals surface area contributed by atoms with Gasteiger partial charge in [0.15, 0.2) is 0 Å². The third kappa shape index (κ3) is 2.95. The minimum atomic E-state index is -0.432. The minimum absolute atomic E-state index is 0.146. The number of hydrogen-bond donors (Lipinski definition) is 1. The largest absolute Gasteiger partial charge is 0.459 e. The van der Waals surface area contributed by atoms with E-state index in [0.717, 1.165) is 11.3 Å². The van der Waals surface area contributed by atoms with E-state index in [-0.39, 0.29) is 48.1 Å². The van der Waals surface area contributed by atoms with Gasteiger partial charge in [-0.15, -0.1) is 0 Å². The van der Waals surface area contributed by atoms with Crippen LogP contribution >= 0.6 is 0 Å². The van der Waals surface area contributed by atoms with Gasteiger partial charge in [-0.1, -0.05) is 12.2 Å². The highest BCUT2D eigenvalue weighted by molar-refractivity contribution is 6.09. The van der Waals surface area contributed by atoms with Crippen LogP contribution in [0.5, 0.6) is 0 Å². The van der Waals surface area contributed by atoms with Crippen molar-refractivity contribution in [2.45, 2.75) is 26.4 Å². The third-order valence-corrected chi connectivity index (χ3v) is 6.80. The van der Waals surface area contributed by atoms with E-state index in [9.17, 15) is 19.2 Å². The van der Waals surface area contributed by atoms with Gasteiger partial charge in [-0.25, -0.2) is 4.79 Å². The number of esters is 1. The van der Waals surface area contributed by atoms with Crippen LogP contribution in [0.3, 0.4) is 0 Å². The molecule has 1 aliphatic heterocycles. The molecule has 3 amide bonds. The molecule has 1 heterocycles. The quantitative estimate of drug-likeness (QED) is 0.458. The van der Waals surface area contributed by atoms with Gasteiger partial charge in [-0.2, -0.15) is 0 Å². The van der Waals surface area contributed by atoms with E-state index in [0.29, 0.717) is 23.1 Å². The molecule has 6 atom stereocenters. The smallest absolute Gasteiger partial charge is 0.338 e. The molecule has 5 aliphatic rings. The van der Waals surface area contributed by atoms with Gasteiger partial charge >= 0.3 is 5.97 Å². The van der Waals surface area contributed by atoms with Crippen molar-refractivity contribution in [3.05, 3.63) is 42.0 Å². The maximum Gasteiger partial charge on any atom is 0.338 e. The van der Waals surface area contributed by atoms with Crippen LogP contribution < -0.4 is 5.32 Å². The lowest BCUT2D eigenvalue weighted by molar-refractivity contribution is -0.142. The average Bonchev–Trinajstić information content (AvgIpc) is 3.49. The van der Waals surface area contributed by atoms with E-state index < -0.39 is 11.9 Å². The lowest BCUT2D eigenvalue weighted by Crippen LogP contribution is -2.40. The fraction of sp³-hybridized carbons (Fsp3) is 0.478. The fourth-order valence-corrected chi connectivity index (χ4v) is 5.49. The Morgan fingerprint density at radius 1 is 1.03 bits per heavy atom. The van der Waals surface area contributed by atoms with Gasteiger partial charge in [0.1, 0.15) is 6.54 Å². The maximum absolute atomic E-state index is 12.9. The number of likely N-dealkylation sites (tertiary alicyclic amines) is 1. The molecule has 2 bridgehead atoms. The van der Waals surface area contributed by atoms with E-state index >= 15 is 0 Å². The molecule has 7 nitrogen and oxygen atoms in total. The van der Waals surface area contributed by atoms with Gasteiger partial charge in [-0.05, 0) is 68.2 Å². The number of carbonyl (C=O) groups excluding carboxylic acids is 4. The molecule has 2 saturated carbocycles. The Morgan fingerprint density at radius 3 is 2.13 bits per heavy atom. The predicted octanol–water partition coefficient (Wildman–Crippen LogP) is 2.24. The van der Waals surface area contributed by atoms with Gasteiger partial charge in [0.05, 0.1) is 23.5 Å². The van der Waals surface area contributed by atoms with Crippen molar-refractivity contribution < 1.29 is 23.9 Å². The highest BCUT2D eigenvalue weighted by Gasteiger charge is 2.67. The molecule has 1 saturated heterocycles. The van der Waals surface area contributed by atoms with Crippen molar-refractivity contribution in [2.75, 3.05) is 11.9 Å². The third-order valence-electron chi connectivity index (χ3n) is 6.80. The van der Waals surface area contributed by atoms with Crippen molar-refractivity contribution in [3.63, 3.8) is 0 Å². The molecule has 7 heteroatoms. The Labute approximate surface area is 174 Å². The summed E-state index contributed by atoms with van der Waals surface area (Å²) < 4.78 is 5.14. The highest BCUT2D eigenvalue weighted by Crippen LogP contribution is 2.65. The van der Waals surface area contributed by atoms with Crippen molar-refractivity contribution >= 4 is 29.4 Å². The van der Waals surface area contributed by atoms with Gasteiger partial charge in [0.2, 0.25) is 17.7 Å². The normalized spacial score (nSPS) is 32.8. The molecule has 156 valence electrons. The molecule has 1 aromatic carbocycles. The number of hydrogen-bond acceptors (Lipinski definition) is 5. The summed E-state index contributed by atoms with van der Waals surface area (Å²) >= 11 is 0. The van der Waals surface area contributed by atoms with Crippen LogP contribution in [0.15, 0.2) is 36.4 Å². The molecule has 0 spiro atoms. The second-order valence-corrected chi connectivity index (χ2v) is 9.00. The second-order valence-electron chi connectivity index (χ2n) is 9.00. The number of allylic oxidation sites excluding steroid dienone is 2. The van der Waals surface area contributed by atoms with Crippen LogP contribution in [0, 0.1) is 35.5 Å². The summed E-state index contributed by atoms with van der Waals surface area (Å²) in [4.78, 5) is 51.4. The molecule has 4 aliphatic carbocycles. The summed E-state index contributed by atoms with van der Waals surface area (Å²) in [5.74, 6) is -0.516. The predicted molar refractivity (Wildman–Crippen MR) is 107 cm³/mol. The van der Waals surface area contributed by atoms with E-state index in [2.05, 4.69) is 17.5 Å². The number of amides is 3. The van der Waals surface area contributed by atoms with Crippen LogP contribution in [-0.4, -0.2) is 41.2 Å². The first-order chi connectivity index (χ1) is 14.3. The van der Waals surface area contributed by atoms with Crippen LogP contribution in [0.4, 0.5) is 5.69 Å². The molecular weight excluding hydrogens is 384 g/mol. The Balaban J connectivity index is 1.23. The van der Waals surface area contributed by atoms with Crippen LogP contribution in [-0.2, 0) is 19.1 Å². The number of anilines is 1. The number of benzene rings is 1.